The highest BCUT2D eigenvalue weighted by Crippen LogP contribution is 2.35. The van der Waals surface area contributed by atoms with Crippen molar-refractivity contribution in [3.05, 3.63) is 22.9 Å². The summed E-state index contributed by atoms with van der Waals surface area (Å²) in [6.07, 6.45) is 3.92. The first kappa shape index (κ1) is 13.9. The summed E-state index contributed by atoms with van der Waals surface area (Å²) in [6.45, 7) is 3.36. The lowest BCUT2D eigenvalue weighted by molar-refractivity contribution is -0.128. The van der Waals surface area contributed by atoms with Crippen molar-refractivity contribution in [2.75, 3.05) is 25.0 Å². The van der Waals surface area contributed by atoms with Crippen LogP contribution in [0, 0.1) is 16.7 Å². The number of hydrogen-bond acceptors (Lipinski definition) is 4. The number of aryl methyl sites for hydroxylation is 2. The van der Waals surface area contributed by atoms with Crippen LogP contribution in [0.5, 0.6) is 0 Å². The monoisotopic (exact) mass is 284 g/mol. The Kier molecular flexibility index (Phi) is 3.32. The molecule has 3 rings (SSSR count). The number of amides is 1. The van der Waals surface area contributed by atoms with Crippen LogP contribution < -0.4 is 10.2 Å². The molecule has 0 aromatic carbocycles. The summed E-state index contributed by atoms with van der Waals surface area (Å²) in [4.78, 5) is 18.8. The van der Waals surface area contributed by atoms with Gasteiger partial charge in [0.1, 0.15) is 11.9 Å². The molecule has 1 aromatic rings. The van der Waals surface area contributed by atoms with Crippen molar-refractivity contribution in [1.82, 2.24) is 10.3 Å². The van der Waals surface area contributed by atoms with Gasteiger partial charge in [0.15, 0.2) is 0 Å². The van der Waals surface area contributed by atoms with Gasteiger partial charge in [0.25, 0.3) is 0 Å². The Labute approximate surface area is 125 Å². The van der Waals surface area contributed by atoms with Gasteiger partial charge in [0, 0.05) is 25.8 Å². The molecule has 1 aliphatic carbocycles. The lowest BCUT2D eigenvalue weighted by Gasteiger charge is -2.24. The molecule has 1 amide bonds. The molecule has 1 unspecified atom stereocenters. The maximum atomic E-state index is 12.0. The molecular formula is C16H20N4O. The normalized spacial score (nSPS) is 23.8. The number of pyridine rings is 1. The third kappa shape index (κ3) is 2.25. The zero-order valence-electron chi connectivity index (χ0n) is 12.6. The average molecular weight is 284 g/mol. The van der Waals surface area contributed by atoms with Crippen molar-refractivity contribution in [3.8, 4) is 6.07 Å². The first-order valence-corrected chi connectivity index (χ1v) is 7.47. The van der Waals surface area contributed by atoms with Gasteiger partial charge in [-0.3, -0.25) is 4.79 Å². The number of anilines is 1. The van der Waals surface area contributed by atoms with Crippen LogP contribution in [0.4, 0.5) is 5.82 Å². The van der Waals surface area contributed by atoms with E-state index < -0.39 is 5.41 Å². The summed E-state index contributed by atoms with van der Waals surface area (Å²) in [6, 6.07) is 4.25. The van der Waals surface area contributed by atoms with E-state index in [1.807, 2.05) is 13.0 Å². The van der Waals surface area contributed by atoms with Crippen LogP contribution in [0.15, 0.2) is 6.07 Å². The van der Waals surface area contributed by atoms with Crippen LogP contribution in [0.1, 0.15) is 36.6 Å². The molecule has 2 heterocycles. The molecule has 21 heavy (non-hydrogen) atoms. The topological polar surface area (TPSA) is 69.0 Å². The van der Waals surface area contributed by atoms with Crippen molar-refractivity contribution >= 4 is 11.7 Å². The summed E-state index contributed by atoms with van der Waals surface area (Å²) in [5, 5.41) is 12.1. The van der Waals surface area contributed by atoms with Crippen molar-refractivity contribution < 1.29 is 4.79 Å². The molecule has 5 nitrogen and oxygen atoms in total. The van der Waals surface area contributed by atoms with Crippen molar-refractivity contribution in [1.29, 1.82) is 5.26 Å². The number of rotatable bonds is 2. The molecule has 1 saturated heterocycles. The number of carbonyl (C=O) groups excluding carboxylic acids is 1. The Bertz CT molecular complexity index is 634. The number of nitrogens with zero attached hydrogens (tertiary/aromatic N) is 3. The second kappa shape index (κ2) is 5.03. The van der Waals surface area contributed by atoms with Gasteiger partial charge in [-0.25, -0.2) is 4.98 Å². The van der Waals surface area contributed by atoms with Crippen LogP contribution in [-0.2, 0) is 17.6 Å². The quantitative estimate of drug-likeness (QED) is 0.891. The van der Waals surface area contributed by atoms with Crippen LogP contribution in [-0.4, -0.2) is 31.0 Å². The lowest BCUT2D eigenvalue weighted by Crippen LogP contribution is -2.39. The minimum absolute atomic E-state index is 0.0599. The van der Waals surface area contributed by atoms with Crippen LogP contribution in [0.3, 0.4) is 0 Å². The van der Waals surface area contributed by atoms with E-state index in [4.69, 9.17) is 4.98 Å². The molecule has 1 aromatic heterocycles. The summed E-state index contributed by atoms with van der Waals surface area (Å²) < 4.78 is 0. The minimum atomic E-state index is -0.401. The molecule has 0 spiro atoms. The standard InChI is InChI=1S/C16H20N4O/c1-16(15(21)18-2)6-7-20(10-16)14-12(9-17)8-11-4-3-5-13(11)19-14/h8H,3-7,10H2,1-2H3,(H,18,21). The zero-order chi connectivity index (χ0) is 15.0. The molecule has 5 heteroatoms. The molecule has 1 aliphatic heterocycles. The fourth-order valence-corrected chi connectivity index (χ4v) is 3.41. The first-order valence-electron chi connectivity index (χ1n) is 7.47. The van der Waals surface area contributed by atoms with Crippen molar-refractivity contribution in [2.24, 2.45) is 5.41 Å². The summed E-state index contributed by atoms with van der Waals surface area (Å²) in [7, 11) is 1.67. The molecular weight excluding hydrogens is 264 g/mol. The van der Waals surface area contributed by atoms with Gasteiger partial charge in [-0.1, -0.05) is 0 Å². The average Bonchev–Trinajstić information content (AvgIpc) is 3.11. The second-order valence-corrected chi connectivity index (χ2v) is 6.24. The van der Waals surface area contributed by atoms with Gasteiger partial charge in [-0.15, -0.1) is 0 Å². The highest BCUT2D eigenvalue weighted by atomic mass is 16.2. The van der Waals surface area contributed by atoms with E-state index in [1.54, 1.807) is 7.05 Å². The molecule has 110 valence electrons. The maximum Gasteiger partial charge on any atom is 0.227 e. The zero-order valence-corrected chi connectivity index (χ0v) is 12.6. The van der Waals surface area contributed by atoms with Gasteiger partial charge in [-0.05, 0) is 44.2 Å². The Hall–Kier alpha value is -2.09. The van der Waals surface area contributed by atoms with E-state index in [-0.39, 0.29) is 5.91 Å². The molecule has 0 bridgehead atoms. The van der Waals surface area contributed by atoms with Crippen LogP contribution >= 0.6 is 0 Å². The number of nitrogens with one attached hydrogen (secondary N) is 1. The van der Waals surface area contributed by atoms with Crippen molar-refractivity contribution in [3.63, 3.8) is 0 Å². The molecule has 0 radical (unpaired) electrons. The molecule has 1 N–H and O–H groups in total. The van der Waals surface area contributed by atoms with Gasteiger partial charge < -0.3 is 10.2 Å². The predicted octanol–water partition coefficient (Wildman–Crippen LogP) is 1.40. The van der Waals surface area contributed by atoms with Crippen LogP contribution in [0.25, 0.3) is 0 Å². The van der Waals surface area contributed by atoms with E-state index >= 15 is 0 Å². The van der Waals surface area contributed by atoms with E-state index in [1.165, 1.54) is 5.56 Å². The molecule has 1 fully saturated rings. The smallest absolute Gasteiger partial charge is 0.227 e. The largest absolute Gasteiger partial charge is 0.359 e. The van der Waals surface area contributed by atoms with Gasteiger partial charge in [-0.2, -0.15) is 5.26 Å². The summed E-state index contributed by atoms with van der Waals surface area (Å²) in [5.41, 5.74) is 2.57. The first-order chi connectivity index (χ1) is 10.1. The highest BCUT2D eigenvalue weighted by Gasteiger charge is 2.41. The number of aromatic nitrogens is 1. The summed E-state index contributed by atoms with van der Waals surface area (Å²) in [5.74, 6) is 0.815. The van der Waals surface area contributed by atoms with Gasteiger partial charge >= 0.3 is 0 Å². The fraction of sp³-hybridized carbons (Fsp3) is 0.562. The Balaban J connectivity index is 1.92. The maximum absolute atomic E-state index is 12.0. The fourth-order valence-electron chi connectivity index (χ4n) is 3.41. The Morgan fingerprint density at radius 3 is 3.05 bits per heavy atom. The number of nitriles is 1. The molecule has 1 atom stereocenters. The Morgan fingerprint density at radius 2 is 2.33 bits per heavy atom. The number of hydrogen-bond donors (Lipinski definition) is 1. The van der Waals surface area contributed by atoms with E-state index in [0.717, 1.165) is 43.7 Å². The highest BCUT2D eigenvalue weighted by molar-refractivity contribution is 5.83. The van der Waals surface area contributed by atoms with E-state index in [2.05, 4.69) is 16.3 Å². The number of fused-ring (bicyclic) bond motifs is 1. The summed E-state index contributed by atoms with van der Waals surface area (Å²) >= 11 is 0. The van der Waals surface area contributed by atoms with E-state index in [9.17, 15) is 10.1 Å². The molecule has 2 aliphatic rings. The van der Waals surface area contributed by atoms with E-state index in [0.29, 0.717) is 12.1 Å². The minimum Gasteiger partial charge on any atom is -0.359 e. The Morgan fingerprint density at radius 1 is 1.52 bits per heavy atom. The van der Waals surface area contributed by atoms with Gasteiger partial charge in [0.05, 0.1) is 11.0 Å². The lowest BCUT2D eigenvalue weighted by atomic mass is 9.89. The molecule has 0 saturated carbocycles. The van der Waals surface area contributed by atoms with Crippen LogP contribution in [0.2, 0.25) is 0 Å². The number of carbonyl (C=O) groups is 1. The third-order valence-corrected chi connectivity index (χ3v) is 4.70. The second-order valence-electron chi connectivity index (χ2n) is 6.24. The van der Waals surface area contributed by atoms with Crippen molar-refractivity contribution in [2.45, 2.75) is 32.6 Å². The SMILES string of the molecule is CNC(=O)C1(C)CCN(c2nc3c(cc2C#N)CCC3)C1. The third-order valence-electron chi connectivity index (χ3n) is 4.70. The predicted molar refractivity (Wildman–Crippen MR) is 80.0 cm³/mol. The van der Waals surface area contributed by atoms with Gasteiger partial charge in [0.2, 0.25) is 5.91 Å².